The summed E-state index contributed by atoms with van der Waals surface area (Å²) in [4.78, 5) is 17.3. The summed E-state index contributed by atoms with van der Waals surface area (Å²) in [5, 5.41) is 9.27. The molecule has 0 saturated carbocycles. The van der Waals surface area contributed by atoms with Crippen LogP contribution in [-0.2, 0) is 6.54 Å². The van der Waals surface area contributed by atoms with Crippen LogP contribution in [0.5, 0.6) is 0 Å². The van der Waals surface area contributed by atoms with Gasteiger partial charge in [0.1, 0.15) is 17.7 Å². The monoisotopic (exact) mass is 287 g/mol. The van der Waals surface area contributed by atoms with Gasteiger partial charge in [-0.1, -0.05) is 12.1 Å². The van der Waals surface area contributed by atoms with Gasteiger partial charge in [0.2, 0.25) is 0 Å². The number of hydrogen-bond acceptors (Lipinski definition) is 5. The van der Waals surface area contributed by atoms with Gasteiger partial charge >= 0.3 is 0 Å². The molecule has 0 amide bonds. The van der Waals surface area contributed by atoms with Gasteiger partial charge in [0.05, 0.1) is 12.9 Å². The zero-order valence-corrected chi connectivity index (χ0v) is 11.2. The number of hydrogen-bond donors (Lipinski definition) is 2. The molecule has 0 bridgehead atoms. The summed E-state index contributed by atoms with van der Waals surface area (Å²) < 4.78 is 13.3. The molecule has 0 aliphatic carbocycles. The molecule has 2 N–H and O–H groups in total. The number of nitrogens with zero attached hydrogens (tertiary/aromatic N) is 4. The number of aromatic nitrogens is 4. The van der Waals surface area contributed by atoms with Crippen molar-refractivity contribution in [2.24, 2.45) is 0 Å². The second-order valence-electron chi connectivity index (χ2n) is 4.57. The van der Waals surface area contributed by atoms with Crippen LogP contribution in [0.3, 0.4) is 0 Å². The van der Waals surface area contributed by atoms with Crippen LogP contribution in [0.1, 0.15) is 5.56 Å². The molecule has 2 heterocycles. The molecule has 0 saturated heterocycles. The van der Waals surface area contributed by atoms with Crippen LogP contribution in [0, 0.1) is 5.82 Å². The number of fused-ring (bicyclic) bond motifs is 1. The molecule has 1 aromatic carbocycles. The van der Waals surface area contributed by atoms with Crippen molar-refractivity contribution in [1.82, 2.24) is 19.9 Å². The molecule has 3 aromatic rings. The highest BCUT2D eigenvalue weighted by Crippen LogP contribution is 2.21. The summed E-state index contributed by atoms with van der Waals surface area (Å²) in [6.45, 7) is 0.778. The van der Waals surface area contributed by atoms with E-state index < -0.39 is 0 Å². The standard InChI is InChI=1S/C14H14FN5O/c15-11-3-1-2-10(6-11)7-20(4-5-21)14-12-13(17-8-16-12)18-9-19-14/h1-3,6,8-9,21H,4-5,7H2,(H,16,17,18,19). The smallest absolute Gasteiger partial charge is 0.182 e. The first-order valence-electron chi connectivity index (χ1n) is 6.52. The predicted molar refractivity (Wildman–Crippen MR) is 76.2 cm³/mol. The number of benzene rings is 1. The van der Waals surface area contributed by atoms with E-state index >= 15 is 0 Å². The normalized spacial score (nSPS) is 11.0. The average Bonchev–Trinajstić information content (AvgIpc) is 2.95. The van der Waals surface area contributed by atoms with E-state index in [4.69, 9.17) is 0 Å². The molecule has 0 atom stereocenters. The van der Waals surface area contributed by atoms with E-state index in [0.717, 1.165) is 5.56 Å². The summed E-state index contributed by atoms with van der Waals surface area (Å²) in [5.41, 5.74) is 2.05. The van der Waals surface area contributed by atoms with Crippen molar-refractivity contribution in [3.05, 3.63) is 48.3 Å². The van der Waals surface area contributed by atoms with E-state index in [2.05, 4.69) is 19.9 Å². The summed E-state index contributed by atoms with van der Waals surface area (Å²) in [6, 6.07) is 6.36. The van der Waals surface area contributed by atoms with Crippen LogP contribution < -0.4 is 4.90 Å². The molecule has 7 heteroatoms. The summed E-state index contributed by atoms with van der Waals surface area (Å²) in [7, 11) is 0. The number of nitrogens with one attached hydrogen (secondary N) is 1. The fourth-order valence-corrected chi connectivity index (χ4v) is 2.23. The van der Waals surface area contributed by atoms with Gasteiger partial charge in [-0.25, -0.2) is 19.3 Å². The molecule has 0 unspecified atom stereocenters. The Labute approximate surface area is 120 Å². The Morgan fingerprint density at radius 2 is 2.14 bits per heavy atom. The number of aliphatic hydroxyl groups excluding tert-OH is 1. The summed E-state index contributed by atoms with van der Waals surface area (Å²) in [6.07, 6.45) is 2.97. The fourth-order valence-electron chi connectivity index (χ4n) is 2.23. The zero-order chi connectivity index (χ0) is 14.7. The van der Waals surface area contributed by atoms with Crippen molar-refractivity contribution in [3.8, 4) is 0 Å². The van der Waals surface area contributed by atoms with Gasteiger partial charge in [-0.15, -0.1) is 0 Å². The van der Waals surface area contributed by atoms with Crippen LogP contribution in [-0.4, -0.2) is 38.2 Å². The maximum atomic E-state index is 13.3. The number of anilines is 1. The Bertz CT molecular complexity index is 745. The van der Waals surface area contributed by atoms with Crippen LogP contribution in [0.4, 0.5) is 10.2 Å². The van der Waals surface area contributed by atoms with Crippen LogP contribution in [0.2, 0.25) is 0 Å². The topological polar surface area (TPSA) is 77.9 Å². The van der Waals surface area contributed by atoms with Gasteiger partial charge in [0.25, 0.3) is 0 Å². The minimum absolute atomic E-state index is 0.0328. The second kappa shape index (κ2) is 5.84. The largest absolute Gasteiger partial charge is 0.395 e. The Morgan fingerprint density at radius 1 is 1.24 bits per heavy atom. The third-order valence-corrected chi connectivity index (χ3v) is 3.13. The molecule has 0 aliphatic rings. The lowest BCUT2D eigenvalue weighted by molar-refractivity contribution is 0.301. The van der Waals surface area contributed by atoms with Crippen LogP contribution >= 0.6 is 0 Å². The molecule has 108 valence electrons. The molecule has 0 spiro atoms. The number of aromatic amines is 1. The van der Waals surface area contributed by atoms with Crippen molar-refractivity contribution in [1.29, 1.82) is 0 Å². The molecule has 2 aromatic heterocycles. The van der Waals surface area contributed by atoms with Gasteiger partial charge in [-0.2, -0.15) is 0 Å². The first kappa shape index (κ1) is 13.4. The molecule has 6 nitrogen and oxygen atoms in total. The Morgan fingerprint density at radius 3 is 2.95 bits per heavy atom. The number of H-pyrrole nitrogens is 1. The molecular formula is C14H14FN5O. The number of rotatable bonds is 5. The lowest BCUT2D eigenvalue weighted by atomic mass is 10.2. The van der Waals surface area contributed by atoms with Gasteiger partial charge < -0.3 is 15.0 Å². The SMILES string of the molecule is OCCN(Cc1cccc(F)c1)c1ncnc2nc[nH]c12. The predicted octanol–water partition coefficient (Wildman–Crippen LogP) is 1.49. The van der Waals surface area contributed by atoms with E-state index in [9.17, 15) is 9.50 Å². The minimum Gasteiger partial charge on any atom is -0.395 e. The van der Waals surface area contributed by atoms with E-state index in [1.54, 1.807) is 12.4 Å². The summed E-state index contributed by atoms with van der Waals surface area (Å²) >= 11 is 0. The molecule has 21 heavy (non-hydrogen) atoms. The van der Waals surface area contributed by atoms with Crippen molar-refractivity contribution < 1.29 is 9.50 Å². The highest BCUT2D eigenvalue weighted by Gasteiger charge is 2.14. The van der Waals surface area contributed by atoms with Gasteiger partial charge in [-0.05, 0) is 17.7 Å². The fraction of sp³-hybridized carbons (Fsp3) is 0.214. The Hall–Kier alpha value is -2.54. The van der Waals surface area contributed by atoms with Gasteiger partial charge in [0.15, 0.2) is 11.5 Å². The molecule has 0 radical (unpaired) electrons. The van der Waals surface area contributed by atoms with E-state index in [1.165, 1.54) is 18.5 Å². The zero-order valence-electron chi connectivity index (χ0n) is 11.2. The quantitative estimate of drug-likeness (QED) is 0.743. The number of aliphatic hydroxyl groups is 1. The third kappa shape index (κ3) is 2.82. The van der Waals surface area contributed by atoms with Crippen LogP contribution in [0.15, 0.2) is 36.9 Å². The van der Waals surface area contributed by atoms with E-state index in [0.29, 0.717) is 30.1 Å². The molecule has 3 rings (SSSR count). The summed E-state index contributed by atoms with van der Waals surface area (Å²) in [5.74, 6) is 0.349. The van der Waals surface area contributed by atoms with Gasteiger partial charge in [-0.3, -0.25) is 0 Å². The Balaban J connectivity index is 1.96. The minimum atomic E-state index is -0.286. The maximum Gasteiger partial charge on any atom is 0.182 e. The van der Waals surface area contributed by atoms with Crippen molar-refractivity contribution in [2.45, 2.75) is 6.54 Å². The van der Waals surface area contributed by atoms with Crippen molar-refractivity contribution in [2.75, 3.05) is 18.1 Å². The van der Waals surface area contributed by atoms with Gasteiger partial charge in [0, 0.05) is 13.1 Å². The maximum absolute atomic E-state index is 13.3. The number of halogens is 1. The van der Waals surface area contributed by atoms with E-state index in [1.807, 2.05) is 11.0 Å². The van der Waals surface area contributed by atoms with E-state index in [-0.39, 0.29) is 12.4 Å². The number of imidazole rings is 1. The Kier molecular flexibility index (Phi) is 3.74. The van der Waals surface area contributed by atoms with Crippen molar-refractivity contribution >= 4 is 17.0 Å². The average molecular weight is 287 g/mol. The first-order valence-corrected chi connectivity index (χ1v) is 6.52. The lowest BCUT2D eigenvalue weighted by Gasteiger charge is -2.23. The molecule has 0 fully saturated rings. The molecule has 0 aliphatic heterocycles. The molecular weight excluding hydrogens is 273 g/mol. The van der Waals surface area contributed by atoms with Crippen LogP contribution in [0.25, 0.3) is 11.2 Å². The lowest BCUT2D eigenvalue weighted by Crippen LogP contribution is -2.27. The first-order chi connectivity index (χ1) is 10.3. The third-order valence-electron chi connectivity index (χ3n) is 3.13. The van der Waals surface area contributed by atoms with Crippen molar-refractivity contribution in [3.63, 3.8) is 0 Å². The second-order valence-corrected chi connectivity index (χ2v) is 4.57. The highest BCUT2D eigenvalue weighted by molar-refractivity contribution is 5.82. The highest BCUT2D eigenvalue weighted by atomic mass is 19.1.